The molecule has 0 spiro atoms. The molecule has 18 heavy (non-hydrogen) atoms. The standard InChI is InChI=1S/C12H18N2O3S/c1-3-11(18(16,17)4-2)12(14-15)9-5-7-10(13)8-6-9/h5-8,11,15H,3-4,13H2,1-2H3/b14-12-/t11-/m0/s1. The van der Waals surface area contributed by atoms with Crippen molar-refractivity contribution in [2.24, 2.45) is 5.16 Å². The highest BCUT2D eigenvalue weighted by Crippen LogP contribution is 2.17. The Bertz CT molecular complexity index is 521. The second-order valence-corrected chi connectivity index (χ2v) is 6.43. The molecule has 0 aliphatic rings. The zero-order valence-electron chi connectivity index (χ0n) is 10.5. The number of benzene rings is 1. The van der Waals surface area contributed by atoms with Crippen LogP contribution >= 0.6 is 0 Å². The lowest BCUT2D eigenvalue weighted by molar-refractivity contribution is 0.318. The summed E-state index contributed by atoms with van der Waals surface area (Å²) in [7, 11) is -3.30. The highest BCUT2D eigenvalue weighted by molar-refractivity contribution is 7.92. The summed E-state index contributed by atoms with van der Waals surface area (Å²) in [6, 6.07) is 6.59. The minimum Gasteiger partial charge on any atom is -0.411 e. The number of nitrogens with two attached hydrogens (primary N) is 1. The monoisotopic (exact) mass is 270 g/mol. The van der Waals surface area contributed by atoms with Gasteiger partial charge in [-0.15, -0.1) is 0 Å². The van der Waals surface area contributed by atoms with Crippen LogP contribution in [0.4, 0.5) is 5.69 Å². The Hall–Kier alpha value is -1.56. The number of hydrogen-bond donors (Lipinski definition) is 2. The first-order chi connectivity index (χ1) is 8.46. The maximum absolute atomic E-state index is 12.0. The van der Waals surface area contributed by atoms with Crippen molar-refractivity contribution >= 4 is 21.2 Å². The van der Waals surface area contributed by atoms with Crippen molar-refractivity contribution in [3.8, 4) is 0 Å². The summed E-state index contributed by atoms with van der Waals surface area (Å²) in [5, 5.41) is 11.5. The smallest absolute Gasteiger partial charge is 0.158 e. The SMILES string of the molecule is CC[C@@H](/C(=N\O)c1ccc(N)cc1)S(=O)(=O)CC. The molecule has 0 heterocycles. The molecule has 0 radical (unpaired) electrons. The Kier molecular flexibility index (Phi) is 4.72. The quantitative estimate of drug-likeness (QED) is 0.368. The van der Waals surface area contributed by atoms with E-state index < -0.39 is 15.1 Å². The largest absolute Gasteiger partial charge is 0.411 e. The molecule has 0 aliphatic carbocycles. The summed E-state index contributed by atoms with van der Waals surface area (Å²) >= 11 is 0. The van der Waals surface area contributed by atoms with Gasteiger partial charge < -0.3 is 10.9 Å². The van der Waals surface area contributed by atoms with E-state index in [1.165, 1.54) is 0 Å². The summed E-state index contributed by atoms with van der Waals surface area (Å²) in [6.07, 6.45) is 0.361. The Labute approximate surface area is 107 Å². The molecular formula is C12H18N2O3S. The Morgan fingerprint density at radius 1 is 1.33 bits per heavy atom. The molecule has 3 N–H and O–H groups in total. The summed E-state index contributed by atoms with van der Waals surface area (Å²) in [5.41, 5.74) is 6.87. The molecule has 1 rings (SSSR count). The normalized spacial score (nSPS) is 14.4. The van der Waals surface area contributed by atoms with E-state index in [1.54, 1.807) is 38.1 Å². The van der Waals surface area contributed by atoms with E-state index in [9.17, 15) is 8.42 Å². The van der Waals surface area contributed by atoms with Gasteiger partial charge in [-0.25, -0.2) is 8.42 Å². The van der Waals surface area contributed by atoms with Crippen molar-refractivity contribution < 1.29 is 13.6 Å². The lowest BCUT2D eigenvalue weighted by atomic mass is 10.1. The van der Waals surface area contributed by atoms with Crippen LogP contribution in [0.3, 0.4) is 0 Å². The van der Waals surface area contributed by atoms with Gasteiger partial charge >= 0.3 is 0 Å². The lowest BCUT2D eigenvalue weighted by Gasteiger charge is -2.16. The van der Waals surface area contributed by atoms with Crippen LogP contribution in [0.2, 0.25) is 0 Å². The summed E-state index contributed by atoms with van der Waals surface area (Å²) in [6.45, 7) is 3.33. The molecule has 6 heteroatoms. The maximum atomic E-state index is 12.0. The van der Waals surface area contributed by atoms with Gasteiger partial charge in [-0.05, 0) is 18.6 Å². The van der Waals surface area contributed by atoms with Crippen molar-refractivity contribution in [2.45, 2.75) is 25.5 Å². The molecule has 0 aromatic heterocycles. The molecule has 0 unspecified atom stereocenters. The van der Waals surface area contributed by atoms with Crippen LogP contribution < -0.4 is 5.73 Å². The average Bonchev–Trinajstić information content (AvgIpc) is 2.36. The number of anilines is 1. The minimum absolute atomic E-state index is 0.0134. The van der Waals surface area contributed by atoms with E-state index in [1.807, 2.05) is 0 Å². The van der Waals surface area contributed by atoms with Gasteiger partial charge in [0.05, 0.1) is 0 Å². The molecule has 0 saturated heterocycles. The minimum atomic E-state index is -3.30. The fourth-order valence-corrected chi connectivity index (χ4v) is 3.21. The van der Waals surface area contributed by atoms with Gasteiger partial charge in [0.2, 0.25) is 0 Å². The van der Waals surface area contributed by atoms with Crippen LogP contribution in [0.25, 0.3) is 0 Å². The van der Waals surface area contributed by atoms with Crippen LogP contribution in [0.1, 0.15) is 25.8 Å². The predicted octanol–water partition coefficient (Wildman–Crippen LogP) is 1.66. The van der Waals surface area contributed by atoms with Crippen molar-refractivity contribution in [3.63, 3.8) is 0 Å². The van der Waals surface area contributed by atoms with E-state index in [0.717, 1.165) is 0 Å². The molecule has 100 valence electrons. The van der Waals surface area contributed by atoms with E-state index in [-0.39, 0.29) is 11.5 Å². The van der Waals surface area contributed by atoms with Gasteiger partial charge in [-0.2, -0.15) is 0 Å². The molecule has 0 fully saturated rings. The fraction of sp³-hybridized carbons (Fsp3) is 0.417. The molecule has 0 amide bonds. The summed E-state index contributed by atoms with van der Waals surface area (Å²) < 4.78 is 23.9. The van der Waals surface area contributed by atoms with Crippen molar-refractivity contribution in [3.05, 3.63) is 29.8 Å². The third-order valence-electron chi connectivity index (χ3n) is 2.83. The van der Waals surface area contributed by atoms with Crippen LogP contribution in [-0.4, -0.2) is 30.3 Å². The summed E-state index contributed by atoms with van der Waals surface area (Å²) in [4.78, 5) is 0. The average molecular weight is 270 g/mol. The van der Waals surface area contributed by atoms with Gasteiger partial charge in [-0.3, -0.25) is 0 Å². The molecule has 5 nitrogen and oxygen atoms in total. The van der Waals surface area contributed by atoms with Crippen molar-refractivity contribution in [1.29, 1.82) is 0 Å². The van der Waals surface area contributed by atoms with Crippen LogP contribution in [-0.2, 0) is 9.84 Å². The lowest BCUT2D eigenvalue weighted by Crippen LogP contribution is -2.31. The highest BCUT2D eigenvalue weighted by atomic mass is 32.2. The topological polar surface area (TPSA) is 92.8 Å². The predicted molar refractivity (Wildman–Crippen MR) is 72.7 cm³/mol. The van der Waals surface area contributed by atoms with Gasteiger partial charge in [0.15, 0.2) is 9.84 Å². The van der Waals surface area contributed by atoms with E-state index in [0.29, 0.717) is 17.7 Å². The zero-order chi connectivity index (χ0) is 13.8. The van der Waals surface area contributed by atoms with Crippen LogP contribution in [0.15, 0.2) is 29.4 Å². The molecule has 0 aliphatic heterocycles. The van der Waals surface area contributed by atoms with Gasteiger partial charge in [-0.1, -0.05) is 31.1 Å². The molecular weight excluding hydrogens is 252 g/mol. The van der Waals surface area contributed by atoms with E-state index in [2.05, 4.69) is 5.16 Å². The van der Waals surface area contributed by atoms with Gasteiger partial charge in [0.1, 0.15) is 11.0 Å². The highest BCUT2D eigenvalue weighted by Gasteiger charge is 2.28. The first-order valence-electron chi connectivity index (χ1n) is 5.75. The number of rotatable bonds is 5. The van der Waals surface area contributed by atoms with Crippen LogP contribution in [0.5, 0.6) is 0 Å². The first-order valence-corrected chi connectivity index (χ1v) is 7.47. The number of sulfone groups is 1. The van der Waals surface area contributed by atoms with Gasteiger partial charge in [0, 0.05) is 17.0 Å². The molecule has 0 bridgehead atoms. The van der Waals surface area contributed by atoms with Crippen molar-refractivity contribution in [2.75, 3.05) is 11.5 Å². The second-order valence-electron chi connectivity index (χ2n) is 3.96. The number of nitrogens with zero attached hydrogens (tertiary/aromatic N) is 1. The Morgan fingerprint density at radius 2 is 1.89 bits per heavy atom. The Balaban J connectivity index is 3.21. The Morgan fingerprint density at radius 3 is 2.28 bits per heavy atom. The second kappa shape index (κ2) is 5.86. The molecule has 1 aromatic rings. The summed E-state index contributed by atoms with van der Waals surface area (Å²) in [5.74, 6) is 0.0134. The molecule has 0 saturated carbocycles. The third kappa shape index (κ3) is 3.01. The maximum Gasteiger partial charge on any atom is 0.158 e. The molecule has 1 atom stereocenters. The van der Waals surface area contributed by atoms with E-state index >= 15 is 0 Å². The van der Waals surface area contributed by atoms with Crippen molar-refractivity contribution in [1.82, 2.24) is 0 Å². The number of oxime groups is 1. The number of hydrogen-bond acceptors (Lipinski definition) is 5. The van der Waals surface area contributed by atoms with E-state index in [4.69, 9.17) is 10.9 Å². The first kappa shape index (κ1) is 14.5. The fourth-order valence-electron chi connectivity index (χ4n) is 1.78. The van der Waals surface area contributed by atoms with Gasteiger partial charge in [0.25, 0.3) is 0 Å². The third-order valence-corrected chi connectivity index (χ3v) is 5.05. The van der Waals surface area contributed by atoms with Crippen LogP contribution in [0, 0.1) is 0 Å². The number of nitrogen functional groups attached to an aromatic ring is 1. The molecule has 1 aromatic carbocycles. The zero-order valence-corrected chi connectivity index (χ0v) is 11.3.